The highest BCUT2D eigenvalue weighted by atomic mass is 16.1. The molecule has 0 aliphatic rings. The van der Waals surface area contributed by atoms with Crippen LogP contribution in [0.2, 0.25) is 0 Å². The minimum atomic E-state index is -0.233. The van der Waals surface area contributed by atoms with Gasteiger partial charge in [-0.2, -0.15) is 0 Å². The van der Waals surface area contributed by atoms with Gasteiger partial charge in [-0.25, -0.2) is 4.98 Å². The molecule has 2 rings (SSSR count). The van der Waals surface area contributed by atoms with Crippen molar-refractivity contribution in [2.24, 2.45) is 0 Å². The topological polar surface area (TPSA) is 66.9 Å². The van der Waals surface area contributed by atoms with Crippen molar-refractivity contribution in [2.45, 2.75) is 20.3 Å². The first-order chi connectivity index (χ1) is 9.70. The molecule has 0 unspecified atom stereocenters. The van der Waals surface area contributed by atoms with Gasteiger partial charge < -0.3 is 10.6 Å². The van der Waals surface area contributed by atoms with Crippen molar-refractivity contribution in [1.82, 2.24) is 9.97 Å². The second kappa shape index (κ2) is 6.65. The zero-order valence-corrected chi connectivity index (χ0v) is 11.7. The van der Waals surface area contributed by atoms with Crippen LogP contribution in [0.1, 0.15) is 29.5 Å². The maximum atomic E-state index is 12.1. The average Bonchev–Trinajstić information content (AvgIpc) is 2.48. The number of rotatable bonds is 5. The number of hydrogen-bond acceptors (Lipinski definition) is 4. The largest absolute Gasteiger partial charge is 0.384 e. The highest BCUT2D eigenvalue weighted by Gasteiger charge is 2.09. The molecule has 0 fully saturated rings. The molecule has 0 aliphatic heterocycles. The summed E-state index contributed by atoms with van der Waals surface area (Å²) < 4.78 is 0. The lowest BCUT2D eigenvalue weighted by Crippen LogP contribution is -2.14. The fourth-order valence-corrected chi connectivity index (χ4v) is 1.70. The predicted octanol–water partition coefficient (Wildman–Crippen LogP) is 2.86. The number of amides is 1. The van der Waals surface area contributed by atoms with Gasteiger partial charge in [0.2, 0.25) is 0 Å². The summed E-state index contributed by atoms with van der Waals surface area (Å²) in [5.41, 5.74) is 2.78. The fourth-order valence-electron chi connectivity index (χ4n) is 1.70. The molecule has 0 aromatic carbocycles. The Bertz CT molecular complexity index is 581. The number of aryl methyl sites for hydroxylation is 1. The number of carbonyl (C=O) groups is 1. The number of anilines is 2. The Hall–Kier alpha value is -2.43. The maximum absolute atomic E-state index is 12.1. The number of aromatic nitrogens is 2. The number of pyridine rings is 2. The molecule has 0 atom stereocenters. The van der Waals surface area contributed by atoms with E-state index in [9.17, 15) is 4.79 Å². The SMILES string of the molecule is CCCNc1ccc(C(=O)Nc2cccnc2C)nc1. The van der Waals surface area contributed by atoms with E-state index < -0.39 is 0 Å². The van der Waals surface area contributed by atoms with Crippen molar-refractivity contribution in [3.05, 3.63) is 48.0 Å². The number of hydrogen-bond donors (Lipinski definition) is 2. The molecule has 104 valence electrons. The number of nitrogens with zero attached hydrogens (tertiary/aromatic N) is 2. The highest BCUT2D eigenvalue weighted by molar-refractivity contribution is 6.03. The van der Waals surface area contributed by atoms with Crippen molar-refractivity contribution in [3.63, 3.8) is 0 Å². The van der Waals surface area contributed by atoms with E-state index in [0.29, 0.717) is 11.4 Å². The first-order valence-corrected chi connectivity index (χ1v) is 6.63. The summed E-state index contributed by atoms with van der Waals surface area (Å²) in [4.78, 5) is 20.4. The minimum Gasteiger partial charge on any atom is -0.384 e. The van der Waals surface area contributed by atoms with E-state index >= 15 is 0 Å². The first kappa shape index (κ1) is 14.0. The van der Waals surface area contributed by atoms with E-state index in [1.54, 1.807) is 24.5 Å². The predicted molar refractivity (Wildman–Crippen MR) is 79.9 cm³/mol. The summed E-state index contributed by atoms with van der Waals surface area (Å²) >= 11 is 0. The Balaban J connectivity index is 2.04. The van der Waals surface area contributed by atoms with Crippen molar-refractivity contribution >= 4 is 17.3 Å². The lowest BCUT2D eigenvalue weighted by molar-refractivity contribution is 0.102. The molecule has 2 heterocycles. The van der Waals surface area contributed by atoms with Crippen molar-refractivity contribution in [3.8, 4) is 0 Å². The van der Waals surface area contributed by atoms with Gasteiger partial charge in [0.25, 0.3) is 5.91 Å². The molecule has 0 radical (unpaired) electrons. The Morgan fingerprint density at radius 1 is 1.25 bits per heavy atom. The first-order valence-electron chi connectivity index (χ1n) is 6.63. The van der Waals surface area contributed by atoms with Crippen LogP contribution in [0.4, 0.5) is 11.4 Å². The van der Waals surface area contributed by atoms with E-state index in [-0.39, 0.29) is 5.91 Å². The van der Waals surface area contributed by atoms with Crippen LogP contribution in [0.25, 0.3) is 0 Å². The zero-order valence-electron chi connectivity index (χ0n) is 11.7. The second-order valence-electron chi connectivity index (χ2n) is 4.45. The van der Waals surface area contributed by atoms with Gasteiger partial charge in [0.15, 0.2) is 0 Å². The molecule has 0 bridgehead atoms. The van der Waals surface area contributed by atoms with Crippen LogP contribution in [0.15, 0.2) is 36.7 Å². The van der Waals surface area contributed by atoms with Gasteiger partial charge in [0.05, 0.1) is 23.3 Å². The summed E-state index contributed by atoms with van der Waals surface area (Å²) in [5, 5.41) is 6.02. The van der Waals surface area contributed by atoms with E-state index in [1.165, 1.54) is 0 Å². The van der Waals surface area contributed by atoms with Crippen LogP contribution in [0.5, 0.6) is 0 Å². The van der Waals surface area contributed by atoms with E-state index in [1.807, 2.05) is 19.1 Å². The van der Waals surface area contributed by atoms with Crippen molar-refractivity contribution in [2.75, 3.05) is 17.2 Å². The monoisotopic (exact) mass is 270 g/mol. The molecule has 20 heavy (non-hydrogen) atoms. The molecule has 2 N–H and O–H groups in total. The molecule has 2 aromatic rings. The van der Waals surface area contributed by atoms with Gasteiger partial charge >= 0.3 is 0 Å². The lowest BCUT2D eigenvalue weighted by atomic mass is 10.2. The number of carbonyl (C=O) groups excluding carboxylic acids is 1. The molecule has 5 heteroatoms. The third-order valence-electron chi connectivity index (χ3n) is 2.83. The van der Waals surface area contributed by atoms with Gasteiger partial charge in [0, 0.05) is 12.7 Å². The maximum Gasteiger partial charge on any atom is 0.274 e. The number of nitrogens with one attached hydrogen (secondary N) is 2. The summed E-state index contributed by atoms with van der Waals surface area (Å²) in [5.74, 6) is -0.233. The summed E-state index contributed by atoms with van der Waals surface area (Å²) in [7, 11) is 0. The average molecular weight is 270 g/mol. The van der Waals surface area contributed by atoms with Crippen molar-refractivity contribution in [1.29, 1.82) is 0 Å². The Morgan fingerprint density at radius 3 is 2.75 bits per heavy atom. The van der Waals surface area contributed by atoms with Gasteiger partial charge in [-0.3, -0.25) is 9.78 Å². The molecule has 0 spiro atoms. The third-order valence-corrected chi connectivity index (χ3v) is 2.83. The van der Waals surface area contributed by atoms with Crippen LogP contribution in [0, 0.1) is 6.92 Å². The van der Waals surface area contributed by atoms with Crippen LogP contribution in [0.3, 0.4) is 0 Å². The second-order valence-corrected chi connectivity index (χ2v) is 4.45. The smallest absolute Gasteiger partial charge is 0.274 e. The van der Waals surface area contributed by atoms with E-state index in [4.69, 9.17) is 0 Å². The normalized spacial score (nSPS) is 10.1. The summed E-state index contributed by atoms with van der Waals surface area (Å²) in [6.45, 7) is 4.83. The lowest BCUT2D eigenvalue weighted by Gasteiger charge is -2.08. The van der Waals surface area contributed by atoms with Crippen LogP contribution in [-0.2, 0) is 0 Å². The van der Waals surface area contributed by atoms with Crippen LogP contribution < -0.4 is 10.6 Å². The van der Waals surface area contributed by atoms with E-state index in [0.717, 1.165) is 24.3 Å². The zero-order chi connectivity index (χ0) is 14.4. The van der Waals surface area contributed by atoms with Crippen LogP contribution in [-0.4, -0.2) is 22.4 Å². The molecule has 0 aliphatic carbocycles. The Kier molecular flexibility index (Phi) is 4.65. The summed E-state index contributed by atoms with van der Waals surface area (Å²) in [6.07, 6.45) is 4.40. The van der Waals surface area contributed by atoms with E-state index in [2.05, 4.69) is 27.5 Å². The van der Waals surface area contributed by atoms with Crippen LogP contribution >= 0.6 is 0 Å². The summed E-state index contributed by atoms with van der Waals surface area (Å²) in [6, 6.07) is 7.16. The molecule has 2 aromatic heterocycles. The van der Waals surface area contributed by atoms with Crippen molar-refractivity contribution < 1.29 is 4.79 Å². The standard InChI is InChI=1S/C15H18N4O/c1-3-8-17-12-6-7-14(18-10-12)15(20)19-13-5-4-9-16-11(13)2/h4-7,9-10,17H,3,8H2,1-2H3,(H,19,20). The van der Waals surface area contributed by atoms with Gasteiger partial charge in [-0.15, -0.1) is 0 Å². The quantitative estimate of drug-likeness (QED) is 0.876. The molecule has 0 saturated heterocycles. The Labute approximate surface area is 118 Å². The molecule has 1 amide bonds. The minimum absolute atomic E-state index is 0.233. The molecular formula is C15H18N4O. The van der Waals surface area contributed by atoms with Gasteiger partial charge in [0.1, 0.15) is 5.69 Å². The van der Waals surface area contributed by atoms with Gasteiger partial charge in [-0.05, 0) is 37.6 Å². The fraction of sp³-hybridized carbons (Fsp3) is 0.267. The molecule has 5 nitrogen and oxygen atoms in total. The van der Waals surface area contributed by atoms with Gasteiger partial charge in [-0.1, -0.05) is 6.92 Å². The third kappa shape index (κ3) is 3.54. The molecule has 0 saturated carbocycles. The highest BCUT2D eigenvalue weighted by Crippen LogP contribution is 2.12. The Morgan fingerprint density at radius 2 is 2.10 bits per heavy atom. The molecular weight excluding hydrogens is 252 g/mol.